The molecule has 0 atom stereocenters. The maximum atomic E-state index is 12.6. The molecule has 0 saturated carbocycles. The van der Waals surface area contributed by atoms with Crippen molar-refractivity contribution in [1.29, 1.82) is 0 Å². The van der Waals surface area contributed by atoms with Gasteiger partial charge in [0.1, 0.15) is 0 Å². The van der Waals surface area contributed by atoms with E-state index < -0.39 is 0 Å². The third-order valence-corrected chi connectivity index (χ3v) is 4.61. The van der Waals surface area contributed by atoms with Gasteiger partial charge in [0.2, 0.25) is 5.75 Å². The third kappa shape index (κ3) is 5.51. The van der Waals surface area contributed by atoms with Gasteiger partial charge in [0, 0.05) is 30.0 Å². The van der Waals surface area contributed by atoms with Crippen molar-refractivity contribution < 1.29 is 19.0 Å². The molecule has 0 aromatic heterocycles. The summed E-state index contributed by atoms with van der Waals surface area (Å²) in [6.45, 7) is 6.10. The number of amides is 1. The summed E-state index contributed by atoms with van der Waals surface area (Å²) < 4.78 is 15.8. The van der Waals surface area contributed by atoms with E-state index in [2.05, 4.69) is 29.4 Å². The van der Waals surface area contributed by atoms with Crippen LogP contribution < -0.4 is 29.7 Å². The smallest absolute Gasteiger partial charge is 0.257 e. The zero-order valence-corrected chi connectivity index (χ0v) is 18.2. The van der Waals surface area contributed by atoms with Crippen molar-refractivity contribution in [1.82, 2.24) is 5.32 Å². The molecule has 0 unspecified atom stereocenters. The monoisotopic (exact) mass is 417 g/mol. The minimum atomic E-state index is -0.387. The summed E-state index contributed by atoms with van der Waals surface area (Å²) in [5, 5.41) is 5.88. The summed E-state index contributed by atoms with van der Waals surface area (Å²) in [4.78, 5) is 14.8. The van der Waals surface area contributed by atoms with Crippen LogP contribution in [-0.4, -0.2) is 45.4 Å². The highest BCUT2D eigenvalue weighted by molar-refractivity contribution is 7.80. The molecule has 156 valence electrons. The van der Waals surface area contributed by atoms with E-state index in [1.54, 1.807) is 12.1 Å². The minimum absolute atomic E-state index is 0.194. The fourth-order valence-corrected chi connectivity index (χ4v) is 3.10. The predicted octanol–water partition coefficient (Wildman–Crippen LogP) is 3.69. The quantitative estimate of drug-likeness (QED) is 0.635. The highest BCUT2D eigenvalue weighted by Crippen LogP contribution is 2.38. The van der Waals surface area contributed by atoms with Crippen molar-refractivity contribution in [2.24, 2.45) is 0 Å². The van der Waals surface area contributed by atoms with Gasteiger partial charge < -0.3 is 24.4 Å². The molecule has 0 aliphatic carbocycles. The van der Waals surface area contributed by atoms with Gasteiger partial charge in [-0.25, -0.2) is 0 Å². The number of thiocarbonyl (C=S) groups is 1. The van der Waals surface area contributed by atoms with Crippen molar-refractivity contribution >= 4 is 34.6 Å². The van der Waals surface area contributed by atoms with E-state index in [9.17, 15) is 4.79 Å². The van der Waals surface area contributed by atoms with Crippen LogP contribution in [0.25, 0.3) is 0 Å². The van der Waals surface area contributed by atoms with Crippen LogP contribution in [0.3, 0.4) is 0 Å². The summed E-state index contributed by atoms with van der Waals surface area (Å²) >= 11 is 5.27. The summed E-state index contributed by atoms with van der Waals surface area (Å²) in [5.74, 6) is 0.813. The molecule has 8 heteroatoms. The molecule has 0 aliphatic heterocycles. The van der Waals surface area contributed by atoms with E-state index in [4.69, 9.17) is 26.4 Å². The molecule has 0 saturated heterocycles. The third-order valence-electron chi connectivity index (χ3n) is 4.41. The zero-order chi connectivity index (χ0) is 21.4. The highest BCUT2D eigenvalue weighted by Gasteiger charge is 2.17. The van der Waals surface area contributed by atoms with E-state index in [1.165, 1.54) is 21.3 Å². The summed E-state index contributed by atoms with van der Waals surface area (Å²) in [7, 11) is 4.49. The molecule has 2 rings (SSSR count). The topological polar surface area (TPSA) is 72.1 Å². The number of hydrogen-bond acceptors (Lipinski definition) is 6. The molecule has 1 amide bonds. The maximum Gasteiger partial charge on any atom is 0.257 e. The Bertz CT molecular complexity index is 826. The van der Waals surface area contributed by atoms with Crippen molar-refractivity contribution in [2.75, 3.05) is 44.6 Å². The summed E-state index contributed by atoms with van der Waals surface area (Å²) in [5.41, 5.74) is 2.25. The van der Waals surface area contributed by atoms with E-state index in [0.717, 1.165) is 24.5 Å². The number of nitrogens with one attached hydrogen (secondary N) is 2. The van der Waals surface area contributed by atoms with Gasteiger partial charge in [-0.1, -0.05) is 0 Å². The normalized spacial score (nSPS) is 10.1. The Morgan fingerprint density at radius 2 is 1.52 bits per heavy atom. The first kappa shape index (κ1) is 22.3. The number of hydrogen-bond donors (Lipinski definition) is 2. The van der Waals surface area contributed by atoms with Crippen LogP contribution in [0.5, 0.6) is 17.2 Å². The number of ether oxygens (including phenoxy) is 3. The lowest BCUT2D eigenvalue weighted by molar-refractivity contribution is 0.0977. The average molecular weight is 418 g/mol. The second-order valence-electron chi connectivity index (χ2n) is 6.04. The fraction of sp³-hybridized carbons (Fsp3) is 0.333. The standard InChI is InChI=1S/C21H27N3O4S/c1-6-24(7-2)16-10-8-15(9-11-16)22-21(29)23-20(25)14-12-17(26-3)19(28-5)18(13-14)27-4/h8-13H,6-7H2,1-5H3,(H2,22,23,25,29). The molecule has 7 nitrogen and oxygen atoms in total. The number of carbonyl (C=O) groups is 1. The first-order valence-corrected chi connectivity index (χ1v) is 9.65. The highest BCUT2D eigenvalue weighted by atomic mass is 32.1. The first-order valence-electron chi connectivity index (χ1n) is 9.24. The number of carbonyl (C=O) groups excluding carboxylic acids is 1. The van der Waals surface area contributed by atoms with Gasteiger partial charge >= 0.3 is 0 Å². The van der Waals surface area contributed by atoms with Crippen LogP contribution >= 0.6 is 12.2 Å². The Hall–Kier alpha value is -3.00. The molecule has 0 heterocycles. The lowest BCUT2D eigenvalue weighted by Gasteiger charge is -2.21. The Morgan fingerprint density at radius 3 is 1.97 bits per heavy atom. The van der Waals surface area contributed by atoms with Crippen LogP contribution in [0, 0.1) is 0 Å². The number of rotatable bonds is 8. The van der Waals surface area contributed by atoms with Gasteiger partial charge in [0.25, 0.3) is 5.91 Å². The second-order valence-corrected chi connectivity index (χ2v) is 6.45. The molecule has 2 N–H and O–H groups in total. The van der Waals surface area contributed by atoms with Crippen molar-refractivity contribution in [2.45, 2.75) is 13.8 Å². The Kier molecular flexibility index (Phi) is 8.09. The van der Waals surface area contributed by atoms with E-state index in [-0.39, 0.29) is 11.0 Å². The fourth-order valence-electron chi connectivity index (χ4n) is 2.89. The van der Waals surface area contributed by atoms with Gasteiger partial charge in [-0.2, -0.15) is 0 Å². The van der Waals surface area contributed by atoms with Gasteiger partial charge in [-0.05, 0) is 62.5 Å². The van der Waals surface area contributed by atoms with Crippen LogP contribution in [-0.2, 0) is 0 Å². The van der Waals surface area contributed by atoms with Crippen molar-refractivity contribution in [3.8, 4) is 17.2 Å². The zero-order valence-electron chi connectivity index (χ0n) is 17.4. The molecule has 0 fully saturated rings. The van der Waals surface area contributed by atoms with Crippen LogP contribution in [0.2, 0.25) is 0 Å². The summed E-state index contributed by atoms with van der Waals surface area (Å²) in [6.07, 6.45) is 0. The predicted molar refractivity (Wildman–Crippen MR) is 120 cm³/mol. The lowest BCUT2D eigenvalue weighted by Crippen LogP contribution is -2.34. The molecule has 0 radical (unpaired) electrons. The summed E-state index contributed by atoms with van der Waals surface area (Å²) in [6, 6.07) is 11.0. The SMILES string of the molecule is CCN(CC)c1ccc(NC(=S)NC(=O)c2cc(OC)c(OC)c(OC)c2)cc1. The Morgan fingerprint density at radius 1 is 0.966 bits per heavy atom. The molecule has 2 aromatic rings. The number of methoxy groups -OCH3 is 3. The Labute approximate surface area is 176 Å². The van der Waals surface area contributed by atoms with E-state index >= 15 is 0 Å². The maximum absolute atomic E-state index is 12.6. The molecule has 0 aliphatic rings. The molecular formula is C21H27N3O4S. The molecule has 29 heavy (non-hydrogen) atoms. The van der Waals surface area contributed by atoms with E-state index in [0.29, 0.717) is 22.8 Å². The molecule has 0 spiro atoms. The van der Waals surface area contributed by atoms with Gasteiger partial charge in [0.05, 0.1) is 21.3 Å². The van der Waals surface area contributed by atoms with Crippen molar-refractivity contribution in [3.05, 3.63) is 42.0 Å². The van der Waals surface area contributed by atoms with Crippen LogP contribution in [0.4, 0.5) is 11.4 Å². The van der Waals surface area contributed by atoms with E-state index in [1.807, 2.05) is 24.3 Å². The van der Waals surface area contributed by atoms with Gasteiger partial charge in [-0.15, -0.1) is 0 Å². The minimum Gasteiger partial charge on any atom is -0.493 e. The number of anilines is 2. The number of benzene rings is 2. The molecular weight excluding hydrogens is 390 g/mol. The number of nitrogens with zero attached hydrogens (tertiary/aromatic N) is 1. The first-order chi connectivity index (χ1) is 14.0. The molecule has 0 bridgehead atoms. The largest absolute Gasteiger partial charge is 0.493 e. The van der Waals surface area contributed by atoms with Crippen molar-refractivity contribution in [3.63, 3.8) is 0 Å². The Balaban J connectivity index is 2.08. The van der Waals surface area contributed by atoms with Crippen LogP contribution in [0.15, 0.2) is 36.4 Å². The van der Waals surface area contributed by atoms with Crippen LogP contribution in [0.1, 0.15) is 24.2 Å². The lowest BCUT2D eigenvalue weighted by atomic mass is 10.1. The van der Waals surface area contributed by atoms with Gasteiger partial charge in [0.15, 0.2) is 16.6 Å². The van der Waals surface area contributed by atoms with Gasteiger partial charge in [-0.3, -0.25) is 10.1 Å². The molecule has 2 aromatic carbocycles. The average Bonchev–Trinajstić information content (AvgIpc) is 2.74. The second kappa shape index (κ2) is 10.5.